The molecule has 0 saturated carbocycles. The van der Waals surface area contributed by atoms with Gasteiger partial charge in [-0.2, -0.15) is 4.98 Å². The van der Waals surface area contributed by atoms with Crippen LogP contribution in [-0.4, -0.2) is 20.6 Å². The standard InChI is InChI=1S/C10H12N2O3/c1-7-6-8(2)12(10(15)11-7)5-3-4-9(13)14/h3-4,6H,5H2,1-2H3,(H,13,14). The highest BCUT2D eigenvalue weighted by atomic mass is 16.4. The summed E-state index contributed by atoms with van der Waals surface area (Å²) in [6.07, 6.45) is 2.42. The lowest BCUT2D eigenvalue weighted by Gasteiger charge is -2.05. The summed E-state index contributed by atoms with van der Waals surface area (Å²) in [5.74, 6) is -1.03. The molecule has 0 radical (unpaired) electrons. The van der Waals surface area contributed by atoms with Crippen molar-refractivity contribution in [3.8, 4) is 0 Å². The van der Waals surface area contributed by atoms with E-state index >= 15 is 0 Å². The van der Waals surface area contributed by atoms with Crippen molar-refractivity contribution in [3.05, 3.63) is 40.1 Å². The molecule has 5 heteroatoms. The minimum absolute atomic E-state index is 0.226. The number of aryl methyl sites for hydroxylation is 2. The summed E-state index contributed by atoms with van der Waals surface area (Å²) in [6, 6.07) is 1.77. The van der Waals surface area contributed by atoms with Crippen LogP contribution in [0.1, 0.15) is 11.4 Å². The van der Waals surface area contributed by atoms with Crippen molar-refractivity contribution in [2.24, 2.45) is 0 Å². The molecule has 1 heterocycles. The molecular weight excluding hydrogens is 196 g/mol. The summed E-state index contributed by atoms with van der Waals surface area (Å²) in [6.45, 7) is 3.75. The Hall–Kier alpha value is -1.91. The molecular formula is C10H12N2O3. The minimum atomic E-state index is -1.03. The first-order valence-electron chi connectivity index (χ1n) is 4.45. The summed E-state index contributed by atoms with van der Waals surface area (Å²) < 4.78 is 1.41. The van der Waals surface area contributed by atoms with Crippen molar-refractivity contribution in [3.63, 3.8) is 0 Å². The Morgan fingerprint density at radius 3 is 2.80 bits per heavy atom. The largest absolute Gasteiger partial charge is 0.478 e. The van der Waals surface area contributed by atoms with Crippen LogP contribution in [0, 0.1) is 13.8 Å². The van der Waals surface area contributed by atoms with E-state index in [0.29, 0.717) is 5.69 Å². The van der Waals surface area contributed by atoms with Crippen LogP contribution in [0.15, 0.2) is 23.0 Å². The number of hydrogen-bond donors (Lipinski definition) is 1. The monoisotopic (exact) mass is 208 g/mol. The second-order valence-corrected chi connectivity index (χ2v) is 3.17. The Morgan fingerprint density at radius 2 is 2.27 bits per heavy atom. The number of rotatable bonds is 3. The maximum atomic E-state index is 11.4. The molecule has 0 aromatic carbocycles. The Kier molecular flexibility index (Phi) is 3.38. The number of carbonyl (C=O) groups is 1. The first kappa shape index (κ1) is 11.2. The lowest BCUT2D eigenvalue weighted by atomic mass is 10.3. The molecule has 80 valence electrons. The summed E-state index contributed by atoms with van der Waals surface area (Å²) in [7, 11) is 0. The third-order valence-electron chi connectivity index (χ3n) is 1.89. The first-order valence-corrected chi connectivity index (χ1v) is 4.45. The van der Waals surface area contributed by atoms with E-state index in [1.807, 2.05) is 0 Å². The number of aromatic nitrogens is 2. The Balaban J connectivity index is 2.96. The van der Waals surface area contributed by atoms with Gasteiger partial charge in [0.1, 0.15) is 0 Å². The van der Waals surface area contributed by atoms with Crippen molar-refractivity contribution >= 4 is 5.97 Å². The first-order chi connectivity index (χ1) is 7.00. The van der Waals surface area contributed by atoms with E-state index < -0.39 is 5.97 Å². The summed E-state index contributed by atoms with van der Waals surface area (Å²) in [5.41, 5.74) is 1.07. The zero-order chi connectivity index (χ0) is 11.4. The summed E-state index contributed by atoms with van der Waals surface area (Å²) >= 11 is 0. The molecule has 1 aromatic rings. The van der Waals surface area contributed by atoms with E-state index in [0.717, 1.165) is 11.8 Å². The van der Waals surface area contributed by atoms with E-state index in [-0.39, 0.29) is 12.2 Å². The van der Waals surface area contributed by atoms with Gasteiger partial charge in [-0.25, -0.2) is 9.59 Å². The average Bonchev–Trinajstić information content (AvgIpc) is 2.08. The van der Waals surface area contributed by atoms with Gasteiger partial charge in [0.2, 0.25) is 0 Å². The van der Waals surface area contributed by atoms with Crippen LogP contribution >= 0.6 is 0 Å². The average molecular weight is 208 g/mol. The van der Waals surface area contributed by atoms with Gasteiger partial charge in [0.25, 0.3) is 0 Å². The van der Waals surface area contributed by atoms with Gasteiger partial charge in [-0.1, -0.05) is 6.08 Å². The maximum absolute atomic E-state index is 11.4. The topological polar surface area (TPSA) is 72.2 Å². The van der Waals surface area contributed by atoms with Crippen LogP contribution in [0.2, 0.25) is 0 Å². The molecule has 15 heavy (non-hydrogen) atoms. The van der Waals surface area contributed by atoms with Gasteiger partial charge in [-0.3, -0.25) is 4.57 Å². The number of carboxylic acids is 1. The molecule has 0 aliphatic carbocycles. The molecule has 0 spiro atoms. The van der Waals surface area contributed by atoms with Crippen molar-refractivity contribution in [1.82, 2.24) is 9.55 Å². The van der Waals surface area contributed by atoms with E-state index in [4.69, 9.17) is 5.11 Å². The van der Waals surface area contributed by atoms with Crippen LogP contribution in [0.4, 0.5) is 0 Å². The molecule has 0 aliphatic rings. The van der Waals surface area contributed by atoms with E-state index in [2.05, 4.69) is 4.98 Å². The Labute approximate surface area is 86.7 Å². The number of allylic oxidation sites excluding steroid dienone is 1. The Morgan fingerprint density at radius 1 is 1.60 bits per heavy atom. The molecule has 0 bridgehead atoms. The molecule has 0 atom stereocenters. The highest BCUT2D eigenvalue weighted by Crippen LogP contribution is 1.96. The molecule has 1 aromatic heterocycles. The van der Waals surface area contributed by atoms with Crippen LogP contribution in [-0.2, 0) is 11.3 Å². The van der Waals surface area contributed by atoms with Gasteiger partial charge < -0.3 is 5.11 Å². The lowest BCUT2D eigenvalue weighted by Crippen LogP contribution is -2.25. The molecule has 0 saturated heterocycles. The number of hydrogen-bond acceptors (Lipinski definition) is 3. The zero-order valence-corrected chi connectivity index (χ0v) is 8.60. The second-order valence-electron chi connectivity index (χ2n) is 3.17. The van der Waals surface area contributed by atoms with Crippen LogP contribution < -0.4 is 5.69 Å². The smallest absolute Gasteiger partial charge is 0.348 e. The fourth-order valence-electron chi connectivity index (χ4n) is 1.26. The van der Waals surface area contributed by atoms with Gasteiger partial charge >= 0.3 is 11.7 Å². The lowest BCUT2D eigenvalue weighted by molar-refractivity contribution is -0.131. The van der Waals surface area contributed by atoms with Gasteiger partial charge in [0.15, 0.2) is 0 Å². The van der Waals surface area contributed by atoms with Crippen LogP contribution in [0.25, 0.3) is 0 Å². The second kappa shape index (κ2) is 4.54. The van der Waals surface area contributed by atoms with Gasteiger partial charge in [0.05, 0.1) is 0 Å². The van der Waals surface area contributed by atoms with Crippen molar-refractivity contribution in [2.75, 3.05) is 0 Å². The molecule has 5 nitrogen and oxygen atoms in total. The number of carboxylic acid groups (broad SMARTS) is 1. The molecule has 0 unspecified atom stereocenters. The van der Waals surface area contributed by atoms with Crippen molar-refractivity contribution in [1.29, 1.82) is 0 Å². The Bertz CT molecular complexity index is 460. The quantitative estimate of drug-likeness (QED) is 0.734. The fourth-order valence-corrected chi connectivity index (χ4v) is 1.26. The molecule has 1 rings (SSSR count). The number of aliphatic carboxylic acids is 1. The van der Waals surface area contributed by atoms with E-state index in [1.165, 1.54) is 10.6 Å². The van der Waals surface area contributed by atoms with Gasteiger partial charge in [-0.15, -0.1) is 0 Å². The number of nitrogens with zero attached hydrogens (tertiary/aromatic N) is 2. The van der Waals surface area contributed by atoms with Crippen molar-refractivity contribution in [2.45, 2.75) is 20.4 Å². The van der Waals surface area contributed by atoms with Gasteiger partial charge in [0, 0.05) is 24.0 Å². The van der Waals surface area contributed by atoms with Gasteiger partial charge in [-0.05, 0) is 19.9 Å². The fraction of sp³-hybridized carbons (Fsp3) is 0.300. The van der Waals surface area contributed by atoms with E-state index in [1.54, 1.807) is 19.9 Å². The maximum Gasteiger partial charge on any atom is 0.348 e. The normalized spacial score (nSPS) is 10.8. The summed E-state index contributed by atoms with van der Waals surface area (Å²) in [5, 5.41) is 8.38. The van der Waals surface area contributed by atoms with E-state index in [9.17, 15) is 9.59 Å². The molecule has 0 aliphatic heterocycles. The van der Waals surface area contributed by atoms with Crippen LogP contribution in [0.5, 0.6) is 0 Å². The van der Waals surface area contributed by atoms with Crippen LogP contribution in [0.3, 0.4) is 0 Å². The van der Waals surface area contributed by atoms with Crippen molar-refractivity contribution < 1.29 is 9.90 Å². The molecule has 0 amide bonds. The SMILES string of the molecule is Cc1cc(C)n(CC=CC(=O)O)c(=O)n1. The predicted octanol–water partition coefficient (Wildman–Crippen LogP) is 0.501. The highest BCUT2D eigenvalue weighted by Gasteiger charge is 2.00. The molecule has 0 fully saturated rings. The third kappa shape index (κ3) is 3.05. The molecule has 1 N–H and O–H groups in total. The predicted molar refractivity (Wildman–Crippen MR) is 54.7 cm³/mol. The highest BCUT2D eigenvalue weighted by molar-refractivity contribution is 5.79. The minimum Gasteiger partial charge on any atom is -0.478 e. The third-order valence-corrected chi connectivity index (χ3v) is 1.89. The zero-order valence-electron chi connectivity index (χ0n) is 8.60. The summed E-state index contributed by atoms with van der Waals surface area (Å²) in [4.78, 5) is 25.4.